The largest absolute Gasteiger partial charge is 0.492 e. The third-order valence-electron chi connectivity index (χ3n) is 3.62. The van der Waals surface area contributed by atoms with Crippen LogP contribution >= 0.6 is 0 Å². The SMILES string of the molecule is CN1CCC(N(C)C(=O)NCCOc2ccccc2)C1. The number of para-hydroxylation sites is 1. The molecule has 1 heterocycles. The number of hydrogen-bond donors (Lipinski definition) is 1. The second-order valence-electron chi connectivity index (χ2n) is 5.21. The van der Waals surface area contributed by atoms with Gasteiger partial charge in [0, 0.05) is 19.6 Å². The Hall–Kier alpha value is -1.75. The van der Waals surface area contributed by atoms with E-state index < -0.39 is 0 Å². The van der Waals surface area contributed by atoms with Crippen molar-refractivity contribution in [2.45, 2.75) is 12.5 Å². The molecular formula is C15H23N3O2. The summed E-state index contributed by atoms with van der Waals surface area (Å²) < 4.78 is 5.54. The van der Waals surface area contributed by atoms with Crippen LogP contribution in [0.25, 0.3) is 0 Å². The van der Waals surface area contributed by atoms with Gasteiger partial charge in [0.1, 0.15) is 12.4 Å². The van der Waals surface area contributed by atoms with Crippen molar-refractivity contribution in [2.24, 2.45) is 0 Å². The fourth-order valence-electron chi connectivity index (χ4n) is 2.36. The molecule has 5 heteroatoms. The van der Waals surface area contributed by atoms with Crippen molar-refractivity contribution in [1.29, 1.82) is 0 Å². The molecule has 0 bridgehead atoms. The third-order valence-corrected chi connectivity index (χ3v) is 3.62. The van der Waals surface area contributed by atoms with Gasteiger partial charge >= 0.3 is 6.03 Å². The summed E-state index contributed by atoms with van der Waals surface area (Å²) in [7, 11) is 3.94. The van der Waals surface area contributed by atoms with Gasteiger partial charge in [-0.05, 0) is 32.1 Å². The molecule has 1 saturated heterocycles. The van der Waals surface area contributed by atoms with Crippen molar-refractivity contribution in [3.05, 3.63) is 30.3 Å². The molecule has 0 aliphatic carbocycles. The van der Waals surface area contributed by atoms with Gasteiger partial charge in [0.15, 0.2) is 0 Å². The van der Waals surface area contributed by atoms with Gasteiger partial charge in [0.2, 0.25) is 0 Å². The van der Waals surface area contributed by atoms with Crippen molar-refractivity contribution in [3.63, 3.8) is 0 Å². The van der Waals surface area contributed by atoms with E-state index in [-0.39, 0.29) is 6.03 Å². The number of likely N-dealkylation sites (N-methyl/N-ethyl adjacent to an activating group) is 2. The molecule has 1 aromatic rings. The fourth-order valence-corrected chi connectivity index (χ4v) is 2.36. The molecule has 2 amide bonds. The Labute approximate surface area is 120 Å². The molecule has 1 fully saturated rings. The van der Waals surface area contributed by atoms with Crippen LogP contribution in [0.15, 0.2) is 30.3 Å². The maximum Gasteiger partial charge on any atom is 0.317 e. The van der Waals surface area contributed by atoms with Gasteiger partial charge in [-0.3, -0.25) is 0 Å². The van der Waals surface area contributed by atoms with Crippen LogP contribution in [0.1, 0.15) is 6.42 Å². The molecular weight excluding hydrogens is 254 g/mol. The minimum atomic E-state index is -0.0260. The predicted molar refractivity (Wildman–Crippen MR) is 79.0 cm³/mol. The van der Waals surface area contributed by atoms with Gasteiger partial charge in [-0.15, -0.1) is 0 Å². The molecule has 2 rings (SSSR count). The number of nitrogens with one attached hydrogen (secondary N) is 1. The summed E-state index contributed by atoms with van der Waals surface area (Å²) >= 11 is 0. The van der Waals surface area contributed by atoms with Crippen LogP contribution in [-0.2, 0) is 0 Å². The van der Waals surface area contributed by atoms with E-state index in [1.54, 1.807) is 4.90 Å². The molecule has 0 aromatic heterocycles. The molecule has 110 valence electrons. The summed E-state index contributed by atoms with van der Waals surface area (Å²) in [5, 5.41) is 2.89. The highest BCUT2D eigenvalue weighted by molar-refractivity contribution is 5.74. The molecule has 1 aliphatic heterocycles. The Balaban J connectivity index is 1.65. The number of rotatable bonds is 5. The summed E-state index contributed by atoms with van der Waals surface area (Å²) in [5.41, 5.74) is 0. The Bertz CT molecular complexity index is 424. The Kier molecular flexibility index (Phi) is 5.24. The van der Waals surface area contributed by atoms with Gasteiger partial charge in [-0.1, -0.05) is 18.2 Å². The second kappa shape index (κ2) is 7.14. The number of amides is 2. The molecule has 1 aliphatic rings. The molecule has 1 aromatic carbocycles. The average Bonchev–Trinajstić information content (AvgIpc) is 2.90. The highest BCUT2D eigenvalue weighted by atomic mass is 16.5. The zero-order chi connectivity index (χ0) is 14.4. The van der Waals surface area contributed by atoms with Crippen LogP contribution in [0.5, 0.6) is 5.75 Å². The van der Waals surface area contributed by atoms with E-state index in [4.69, 9.17) is 4.74 Å². The number of carbonyl (C=O) groups is 1. The van der Waals surface area contributed by atoms with Crippen molar-refractivity contribution in [3.8, 4) is 5.75 Å². The lowest BCUT2D eigenvalue weighted by atomic mass is 10.2. The van der Waals surface area contributed by atoms with Crippen LogP contribution in [0.3, 0.4) is 0 Å². The number of ether oxygens (including phenoxy) is 1. The van der Waals surface area contributed by atoms with E-state index in [1.807, 2.05) is 37.4 Å². The standard InChI is InChI=1S/C15H23N3O2/c1-17-10-8-13(12-17)18(2)15(19)16-9-11-20-14-6-4-3-5-7-14/h3-7,13H,8-12H2,1-2H3,(H,16,19). The zero-order valence-corrected chi connectivity index (χ0v) is 12.2. The van der Waals surface area contributed by atoms with Gasteiger partial charge in [0.25, 0.3) is 0 Å². The van der Waals surface area contributed by atoms with E-state index in [1.165, 1.54) is 0 Å². The molecule has 0 spiro atoms. The maximum atomic E-state index is 12.0. The van der Waals surface area contributed by atoms with Gasteiger partial charge < -0.3 is 19.9 Å². The summed E-state index contributed by atoms with van der Waals surface area (Å²) in [6.07, 6.45) is 1.04. The molecule has 1 N–H and O–H groups in total. The molecule has 1 atom stereocenters. The number of benzene rings is 1. The minimum absolute atomic E-state index is 0.0260. The zero-order valence-electron chi connectivity index (χ0n) is 12.2. The van der Waals surface area contributed by atoms with E-state index in [9.17, 15) is 4.79 Å². The highest BCUT2D eigenvalue weighted by Crippen LogP contribution is 2.12. The first-order valence-electron chi connectivity index (χ1n) is 7.04. The predicted octanol–water partition coefficient (Wildman–Crippen LogP) is 1.41. The average molecular weight is 277 g/mol. The van der Waals surface area contributed by atoms with Crippen LogP contribution in [-0.4, -0.2) is 62.2 Å². The monoisotopic (exact) mass is 277 g/mol. The van der Waals surface area contributed by atoms with E-state index in [2.05, 4.69) is 17.3 Å². The van der Waals surface area contributed by atoms with Crippen LogP contribution in [0.2, 0.25) is 0 Å². The van der Waals surface area contributed by atoms with E-state index >= 15 is 0 Å². The summed E-state index contributed by atoms with van der Waals surface area (Å²) in [6, 6.07) is 9.90. The number of hydrogen-bond acceptors (Lipinski definition) is 3. The summed E-state index contributed by atoms with van der Waals surface area (Å²) in [6.45, 7) is 3.00. The van der Waals surface area contributed by atoms with Crippen molar-refractivity contribution in [1.82, 2.24) is 15.1 Å². The Morgan fingerprint density at radius 3 is 2.85 bits per heavy atom. The first-order valence-corrected chi connectivity index (χ1v) is 7.04. The molecule has 0 saturated carbocycles. The fraction of sp³-hybridized carbons (Fsp3) is 0.533. The molecule has 5 nitrogen and oxygen atoms in total. The topological polar surface area (TPSA) is 44.8 Å². The number of carbonyl (C=O) groups excluding carboxylic acids is 1. The summed E-state index contributed by atoms with van der Waals surface area (Å²) in [5.74, 6) is 0.826. The molecule has 0 radical (unpaired) electrons. The van der Waals surface area contributed by atoms with E-state index in [0.29, 0.717) is 19.2 Å². The van der Waals surface area contributed by atoms with Crippen LogP contribution in [0.4, 0.5) is 4.79 Å². The second-order valence-corrected chi connectivity index (χ2v) is 5.21. The van der Waals surface area contributed by atoms with Gasteiger partial charge in [-0.2, -0.15) is 0 Å². The molecule has 20 heavy (non-hydrogen) atoms. The Morgan fingerprint density at radius 1 is 1.45 bits per heavy atom. The number of urea groups is 1. The van der Waals surface area contributed by atoms with Crippen molar-refractivity contribution >= 4 is 6.03 Å². The van der Waals surface area contributed by atoms with E-state index in [0.717, 1.165) is 25.3 Å². The lowest BCUT2D eigenvalue weighted by Crippen LogP contribution is -2.45. The van der Waals surface area contributed by atoms with Gasteiger partial charge in [-0.25, -0.2) is 4.79 Å². The minimum Gasteiger partial charge on any atom is -0.492 e. The Morgan fingerprint density at radius 2 is 2.20 bits per heavy atom. The smallest absolute Gasteiger partial charge is 0.317 e. The number of nitrogens with zero attached hydrogens (tertiary/aromatic N) is 2. The van der Waals surface area contributed by atoms with Crippen molar-refractivity contribution < 1.29 is 9.53 Å². The lowest BCUT2D eigenvalue weighted by Gasteiger charge is -2.24. The maximum absolute atomic E-state index is 12.0. The van der Waals surface area contributed by atoms with Gasteiger partial charge in [0.05, 0.1) is 6.54 Å². The van der Waals surface area contributed by atoms with Crippen LogP contribution in [0, 0.1) is 0 Å². The van der Waals surface area contributed by atoms with Crippen molar-refractivity contribution in [2.75, 3.05) is 40.3 Å². The third kappa shape index (κ3) is 4.13. The summed E-state index contributed by atoms with van der Waals surface area (Å²) in [4.78, 5) is 16.0. The lowest BCUT2D eigenvalue weighted by molar-refractivity contribution is 0.188. The first kappa shape index (κ1) is 14.7. The first-order chi connectivity index (χ1) is 9.66. The van der Waals surface area contributed by atoms with Crippen LogP contribution < -0.4 is 10.1 Å². The molecule has 1 unspecified atom stereocenters. The quantitative estimate of drug-likeness (QED) is 0.828. The highest BCUT2D eigenvalue weighted by Gasteiger charge is 2.25. The normalized spacial score (nSPS) is 18.8. The number of likely N-dealkylation sites (tertiary alicyclic amines) is 1.